The van der Waals surface area contributed by atoms with Crippen molar-refractivity contribution in [1.82, 2.24) is 9.97 Å². The smallest absolute Gasteiger partial charge is 0.350 e. The first-order chi connectivity index (χ1) is 10.9. The summed E-state index contributed by atoms with van der Waals surface area (Å²) in [7, 11) is 0. The van der Waals surface area contributed by atoms with Gasteiger partial charge in [-0.3, -0.25) is 0 Å². The Morgan fingerprint density at radius 2 is 1.71 bits per heavy atom. The molecule has 24 heavy (non-hydrogen) atoms. The lowest BCUT2D eigenvalue weighted by Crippen LogP contribution is -2.28. The molecule has 1 aromatic heterocycles. The number of hydrogen-bond acceptors (Lipinski definition) is 4. The minimum atomic E-state index is -4.58. The molecule has 0 unspecified atom stereocenters. The fraction of sp³-hybridized carbons (Fsp3) is 0.375. The largest absolute Gasteiger partial charge is 0.433 e. The van der Waals surface area contributed by atoms with Gasteiger partial charge in [0.25, 0.3) is 0 Å². The van der Waals surface area contributed by atoms with Crippen LogP contribution in [0.5, 0.6) is 0 Å². The van der Waals surface area contributed by atoms with Crippen LogP contribution in [0, 0.1) is 6.92 Å². The van der Waals surface area contributed by atoms with E-state index in [2.05, 4.69) is 20.6 Å². The Kier molecular flexibility index (Phi) is 4.94. The quantitative estimate of drug-likeness (QED) is 0.770. The summed E-state index contributed by atoms with van der Waals surface area (Å²) in [6.45, 7) is 7.29. The first-order valence-electron chi connectivity index (χ1n) is 7.22. The molecule has 0 radical (unpaired) electrons. The highest BCUT2D eigenvalue weighted by Crippen LogP contribution is 2.32. The molecule has 0 saturated heterocycles. The van der Waals surface area contributed by atoms with Gasteiger partial charge in [0.2, 0.25) is 5.95 Å². The SMILES string of the molecule is Cc1ccc(Nc2cc(C(F)(F)F)nc(NC(C)(C)C)n2)c(Cl)c1. The van der Waals surface area contributed by atoms with Gasteiger partial charge in [-0.05, 0) is 45.4 Å². The molecule has 130 valence electrons. The molecule has 0 aliphatic heterocycles. The molecule has 0 saturated carbocycles. The molecule has 4 nitrogen and oxygen atoms in total. The van der Waals surface area contributed by atoms with Crippen LogP contribution in [0.25, 0.3) is 0 Å². The summed E-state index contributed by atoms with van der Waals surface area (Å²) in [6.07, 6.45) is -4.58. The number of nitrogens with one attached hydrogen (secondary N) is 2. The fourth-order valence-electron chi connectivity index (χ4n) is 1.91. The first-order valence-corrected chi connectivity index (χ1v) is 7.59. The van der Waals surface area contributed by atoms with Crippen LogP contribution in [0.1, 0.15) is 32.0 Å². The number of hydrogen-bond donors (Lipinski definition) is 2. The molecule has 0 aliphatic carbocycles. The highest BCUT2D eigenvalue weighted by molar-refractivity contribution is 6.33. The van der Waals surface area contributed by atoms with Crippen molar-refractivity contribution in [2.75, 3.05) is 10.6 Å². The topological polar surface area (TPSA) is 49.8 Å². The molecule has 1 heterocycles. The van der Waals surface area contributed by atoms with Gasteiger partial charge in [-0.25, -0.2) is 4.98 Å². The zero-order chi connectivity index (χ0) is 18.1. The van der Waals surface area contributed by atoms with Gasteiger partial charge in [0.1, 0.15) is 5.82 Å². The van der Waals surface area contributed by atoms with Crippen LogP contribution in [-0.2, 0) is 6.18 Å². The maximum atomic E-state index is 13.1. The van der Waals surface area contributed by atoms with Gasteiger partial charge in [0.15, 0.2) is 5.69 Å². The minimum absolute atomic E-state index is 0.00910. The van der Waals surface area contributed by atoms with Crippen molar-refractivity contribution in [2.24, 2.45) is 0 Å². The summed E-state index contributed by atoms with van der Waals surface area (Å²) in [5, 5.41) is 6.06. The predicted octanol–water partition coefficient (Wildman–Crippen LogP) is 5.41. The number of aryl methyl sites for hydroxylation is 1. The second-order valence-electron chi connectivity index (χ2n) is 6.44. The highest BCUT2D eigenvalue weighted by atomic mass is 35.5. The first kappa shape index (κ1) is 18.3. The van der Waals surface area contributed by atoms with Crippen molar-refractivity contribution in [1.29, 1.82) is 0 Å². The van der Waals surface area contributed by atoms with Crippen LogP contribution < -0.4 is 10.6 Å². The average Bonchev–Trinajstić information content (AvgIpc) is 2.39. The van der Waals surface area contributed by atoms with Crippen LogP contribution in [0.4, 0.5) is 30.6 Å². The van der Waals surface area contributed by atoms with E-state index < -0.39 is 17.4 Å². The summed E-state index contributed by atoms with van der Waals surface area (Å²) >= 11 is 6.11. The van der Waals surface area contributed by atoms with E-state index in [0.717, 1.165) is 11.6 Å². The molecule has 1 aromatic carbocycles. The second-order valence-corrected chi connectivity index (χ2v) is 6.85. The predicted molar refractivity (Wildman–Crippen MR) is 89.9 cm³/mol. The van der Waals surface area contributed by atoms with Crippen molar-refractivity contribution in [3.63, 3.8) is 0 Å². The van der Waals surface area contributed by atoms with Crippen LogP contribution in [0.2, 0.25) is 5.02 Å². The van der Waals surface area contributed by atoms with E-state index in [1.165, 1.54) is 0 Å². The van der Waals surface area contributed by atoms with Gasteiger partial charge in [0.05, 0.1) is 10.7 Å². The van der Waals surface area contributed by atoms with E-state index in [0.29, 0.717) is 10.7 Å². The molecule has 0 bridgehead atoms. The van der Waals surface area contributed by atoms with Gasteiger partial charge in [-0.2, -0.15) is 18.2 Å². The summed E-state index contributed by atoms with van der Waals surface area (Å²) in [5.41, 5.74) is -0.103. The molecule has 0 spiro atoms. The Morgan fingerprint density at radius 3 is 2.25 bits per heavy atom. The van der Waals surface area contributed by atoms with Gasteiger partial charge in [-0.15, -0.1) is 0 Å². The Bertz CT molecular complexity index is 739. The molecule has 2 rings (SSSR count). The van der Waals surface area contributed by atoms with E-state index in [1.54, 1.807) is 39.0 Å². The number of rotatable bonds is 3. The normalized spacial score (nSPS) is 12.2. The maximum absolute atomic E-state index is 13.1. The summed E-state index contributed by atoms with van der Waals surface area (Å²) in [4.78, 5) is 7.65. The standard InChI is InChI=1S/C16H18ClF3N4/c1-9-5-6-11(10(17)7-9)21-13-8-12(16(18,19)20)22-14(23-13)24-15(2,3)4/h5-8H,1-4H3,(H2,21,22,23,24). The van der Waals surface area contributed by atoms with Gasteiger partial charge >= 0.3 is 6.18 Å². The highest BCUT2D eigenvalue weighted by Gasteiger charge is 2.34. The molecule has 2 aromatic rings. The third-order valence-electron chi connectivity index (χ3n) is 2.89. The van der Waals surface area contributed by atoms with Crippen LogP contribution in [0.3, 0.4) is 0 Å². The number of alkyl halides is 3. The van der Waals surface area contributed by atoms with Crippen molar-refractivity contribution >= 4 is 29.1 Å². The number of anilines is 3. The molecule has 0 fully saturated rings. The van der Waals surface area contributed by atoms with Crippen molar-refractivity contribution in [2.45, 2.75) is 39.4 Å². The zero-order valence-electron chi connectivity index (χ0n) is 13.7. The van der Waals surface area contributed by atoms with E-state index in [1.807, 2.05) is 6.92 Å². The lowest BCUT2D eigenvalue weighted by molar-refractivity contribution is -0.141. The van der Waals surface area contributed by atoms with Crippen LogP contribution in [-0.4, -0.2) is 15.5 Å². The van der Waals surface area contributed by atoms with Gasteiger partial charge < -0.3 is 10.6 Å². The summed E-state index contributed by atoms with van der Waals surface area (Å²) < 4.78 is 39.2. The lowest BCUT2D eigenvalue weighted by atomic mass is 10.1. The van der Waals surface area contributed by atoms with E-state index in [-0.39, 0.29) is 11.8 Å². The number of nitrogens with zero attached hydrogens (tertiary/aromatic N) is 2. The average molecular weight is 359 g/mol. The maximum Gasteiger partial charge on any atom is 0.433 e. The molecule has 0 amide bonds. The summed E-state index contributed by atoms with van der Waals surface area (Å²) in [6, 6.07) is 6.05. The third kappa shape index (κ3) is 4.99. The number of aromatic nitrogens is 2. The third-order valence-corrected chi connectivity index (χ3v) is 3.20. The Balaban J connectivity index is 2.42. The van der Waals surface area contributed by atoms with E-state index in [9.17, 15) is 13.2 Å². The Labute approximate surface area is 143 Å². The number of benzene rings is 1. The molecular formula is C16H18ClF3N4. The molecular weight excluding hydrogens is 341 g/mol. The molecule has 0 aliphatic rings. The summed E-state index contributed by atoms with van der Waals surface area (Å²) in [5.74, 6) is -0.0992. The van der Waals surface area contributed by atoms with E-state index >= 15 is 0 Å². The minimum Gasteiger partial charge on any atom is -0.350 e. The molecule has 2 N–H and O–H groups in total. The Hall–Kier alpha value is -2.02. The lowest BCUT2D eigenvalue weighted by Gasteiger charge is -2.21. The van der Waals surface area contributed by atoms with E-state index in [4.69, 9.17) is 11.6 Å². The van der Waals surface area contributed by atoms with Crippen LogP contribution >= 0.6 is 11.6 Å². The van der Waals surface area contributed by atoms with Gasteiger partial charge in [-0.1, -0.05) is 17.7 Å². The van der Waals surface area contributed by atoms with Crippen molar-refractivity contribution in [3.05, 3.63) is 40.5 Å². The van der Waals surface area contributed by atoms with Crippen LogP contribution in [0.15, 0.2) is 24.3 Å². The molecule has 8 heteroatoms. The monoisotopic (exact) mass is 358 g/mol. The number of halogens is 4. The second kappa shape index (κ2) is 6.47. The Morgan fingerprint density at radius 1 is 1.04 bits per heavy atom. The molecule has 0 atom stereocenters. The zero-order valence-corrected chi connectivity index (χ0v) is 14.5. The van der Waals surface area contributed by atoms with Gasteiger partial charge in [0, 0.05) is 11.6 Å². The van der Waals surface area contributed by atoms with Crippen molar-refractivity contribution < 1.29 is 13.2 Å². The fourth-order valence-corrected chi connectivity index (χ4v) is 2.19. The van der Waals surface area contributed by atoms with Crippen molar-refractivity contribution in [3.8, 4) is 0 Å².